The monoisotopic (exact) mass is 428 g/mol. The molecule has 1 aliphatic rings. The summed E-state index contributed by atoms with van der Waals surface area (Å²) < 4.78 is 38.8. The lowest BCUT2D eigenvalue weighted by atomic mass is 9.90. The number of nitro groups is 1. The molecule has 1 atom stereocenters. The fraction of sp³-hybridized carbons (Fsp3) is 0.238. The van der Waals surface area contributed by atoms with E-state index in [1.807, 2.05) is 0 Å². The Balaban J connectivity index is 1.79. The molecular formula is C21H17ClFN5O2. The lowest BCUT2D eigenvalue weighted by Gasteiger charge is -2.22. The Labute approximate surface area is 181 Å². The van der Waals surface area contributed by atoms with Gasteiger partial charge in [-0.05, 0) is 31.5 Å². The lowest BCUT2D eigenvalue weighted by molar-refractivity contribution is -0.385. The SMILES string of the molecule is [2H]C([2H])([2H])C1(C#Cc2cc3ncnc(N)c3cc2[N+](=O)[O-])CCN(c2cccc(Cl)c2F)C1. The number of nitrogen functional groups attached to an aromatic ring is 1. The van der Waals surface area contributed by atoms with Gasteiger partial charge < -0.3 is 10.6 Å². The molecule has 1 saturated heterocycles. The molecule has 0 amide bonds. The van der Waals surface area contributed by atoms with Gasteiger partial charge in [0, 0.05) is 34.1 Å². The van der Waals surface area contributed by atoms with Gasteiger partial charge in [0.05, 0.1) is 21.2 Å². The molecule has 152 valence electrons. The molecule has 1 aromatic heterocycles. The minimum absolute atomic E-state index is 0.00149. The van der Waals surface area contributed by atoms with Crippen LogP contribution in [0.5, 0.6) is 0 Å². The van der Waals surface area contributed by atoms with Crippen LogP contribution in [0, 0.1) is 33.2 Å². The smallest absolute Gasteiger partial charge is 0.285 e. The minimum Gasteiger partial charge on any atom is -0.383 e. The number of nitrogens with zero attached hydrogens (tertiary/aromatic N) is 4. The Hall–Kier alpha value is -3.44. The van der Waals surface area contributed by atoms with E-state index in [4.69, 9.17) is 21.4 Å². The predicted molar refractivity (Wildman–Crippen MR) is 114 cm³/mol. The number of halogens is 2. The van der Waals surface area contributed by atoms with Crippen LogP contribution in [0.15, 0.2) is 36.7 Å². The topological polar surface area (TPSA) is 98.2 Å². The van der Waals surface area contributed by atoms with Crippen LogP contribution in [0.25, 0.3) is 10.9 Å². The third-order valence-corrected chi connectivity index (χ3v) is 5.25. The summed E-state index contributed by atoms with van der Waals surface area (Å²) in [5, 5.41) is 11.9. The molecule has 0 aliphatic carbocycles. The van der Waals surface area contributed by atoms with Crippen LogP contribution in [0.4, 0.5) is 21.6 Å². The van der Waals surface area contributed by atoms with Crippen LogP contribution < -0.4 is 10.6 Å². The van der Waals surface area contributed by atoms with E-state index >= 15 is 0 Å². The normalized spacial score (nSPS) is 20.2. The van der Waals surface area contributed by atoms with Crippen LogP contribution in [0.2, 0.25) is 5.02 Å². The maximum absolute atomic E-state index is 14.5. The van der Waals surface area contributed by atoms with Gasteiger partial charge in [-0.15, -0.1) is 0 Å². The van der Waals surface area contributed by atoms with Crippen molar-refractivity contribution in [2.24, 2.45) is 5.41 Å². The highest BCUT2D eigenvalue weighted by atomic mass is 35.5. The van der Waals surface area contributed by atoms with Gasteiger partial charge in [-0.3, -0.25) is 10.1 Å². The second-order valence-corrected chi connectivity index (χ2v) is 7.39. The Morgan fingerprint density at radius 3 is 3.03 bits per heavy atom. The van der Waals surface area contributed by atoms with Crippen molar-refractivity contribution in [1.29, 1.82) is 0 Å². The van der Waals surface area contributed by atoms with Crippen LogP contribution in [-0.4, -0.2) is 28.0 Å². The van der Waals surface area contributed by atoms with E-state index in [1.54, 1.807) is 11.0 Å². The molecule has 9 heteroatoms. The first-order chi connectivity index (χ1) is 15.5. The van der Waals surface area contributed by atoms with E-state index in [0.717, 1.165) is 0 Å². The highest BCUT2D eigenvalue weighted by Crippen LogP contribution is 2.36. The molecule has 4 rings (SSSR count). The molecule has 1 aliphatic heterocycles. The summed E-state index contributed by atoms with van der Waals surface area (Å²) in [7, 11) is 0. The highest BCUT2D eigenvalue weighted by Gasteiger charge is 2.34. The predicted octanol–water partition coefficient (Wildman–Crippen LogP) is 4.18. The third kappa shape index (κ3) is 3.60. The molecule has 0 spiro atoms. The van der Waals surface area contributed by atoms with Gasteiger partial charge in [0.1, 0.15) is 17.7 Å². The minimum atomic E-state index is -2.53. The fourth-order valence-corrected chi connectivity index (χ4v) is 3.57. The highest BCUT2D eigenvalue weighted by molar-refractivity contribution is 6.31. The molecule has 3 aromatic rings. The average Bonchev–Trinajstić information content (AvgIpc) is 3.19. The molecule has 2 heterocycles. The van der Waals surface area contributed by atoms with E-state index < -0.39 is 23.0 Å². The molecule has 7 nitrogen and oxygen atoms in total. The third-order valence-electron chi connectivity index (χ3n) is 4.96. The van der Waals surface area contributed by atoms with Crippen LogP contribution in [0.1, 0.15) is 22.9 Å². The number of nitro benzene ring substituents is 1. The van der Waals surface area contributed by atoms with Crippen LogP contribution >= 0.6 is 11.6 Å². The number of hydrogen-bond acceptors (Lipinski definition) is 6. The Bertz CT molecular complexity index is 1340. The van der Waals surface area contributed by atoms with E-state index in [-0.39, 0.29) is 47.3 Å². The first-order valence-electron chi connectivity index (χ1n) is 10.4. The molecule has 2 aromatic carbocycles. The van der Waals surface area contributed by atoms with Gasteiger partial charge >= 0.3 is 0 Å². The second-order valence-electron chi connectivity index (χ2n) is 6.98. The number of rotatable bonds is 2. The van der Waals surface area contributed by atoms with Crippen molar-refractivity contribution >= 4 is 39.7 Å². The quantitative estimate of drug-likeness (QED) is 0.373. The summed E-state index contributed by atoms with van der Waals surface area (Å²) in [6, 6.07) is 7.10. The van der Waals surface area contributed by atoms with E-state index in [9.17, 15) is 14.5 Å². The van der Waals surface area contributed by atoms with Gasteiger partial charge in [0.15, 0.2) is 5.82 Å². The largest absolute Gasteiger partial charge is 0.383 e. The number of fused-ring (bicyclic) bond motifs is 1. The molecule has 30 heavy (non-hydrogen) atoms. The fourth-order valence-electron chi connectivity index (χ4n) is 3.40. The van der Waals surface area contributed by atoms with Gasteiger partial charge in [0.25, 0.3) is 5.69 Å². The summed E-state index contributed by atoms with van der Waals surface area (Å²) in [5.41, 5.74) is 4.44. The molecular weight excluding hydrogens is 409 g/mol. The number of aromatic nitrogens is 2. The first-order valence-corrected chi connectivity index (χ1v) is 9.31. The second kappa shape index (κ2) is 7.43. The zero-order valence-electron chi connectivity index (χ0n) is 18.5. The summed E-state index contributed by atoms with van der Waals surface area (Å²) in [6.07, 6.45) is 1.33. The van der Waals surface area contributed by atoms with Crippen molar-refractivity contribution in [2.45, 2.75) is 13.3 Å². The first kappa shape index (κ1) is 16.4. The van der Waals surface area contributed by atoms with E-state index in [2.05, 4.69) is 21.8 Å². The molecule has 2 N–H and O–H groups in total. The molecule has 0 saturated carbocycles. The number of nitrogens with two attached hydrogens (primary N) is 1. The maximum Gasteiger partial charge on any atom is 0.285 e. The zero-order chi connectivity index (χ0) is 24.0. The molecule has 0 bridgehead atoms. The van der Waals surface area contributed by atoms with Crippen LogP contribution in [-0.2, 0) is 0 Å². The van der Waals surface area contributed by atoms with Crippen molar-refractivity contribution in [3.63, 3.8) is 0 Å². The lowest BCUT2D eigenvalue weighted by Crippen LogP contribution is -2.24. The van der Waals surface area contributed by atoms with Crippen molar-refractivity contribution < 1.29 is 13.4 Å². The van der Waals surface area contributed by atoms with Crippen molar-refractivity contribution in [3.05, 3.63) is 63.2 Å². The van der Waals surface area contributed by atoms with Gasteiger partial charge in [0.2, 0.25) is 0 Å². The van der Waals surface area contributed by atoms with Crippen molar-refractivity contribution in [3.8, 4) is 11.8 Å². The summed E-state index contributed by atoms with van der Waals surface area (Å²) in [6.45, 7) is -2.39. The summed E-state index contributed by atoms with van der Waals surface area (Å²) >= 11 is 5.88. The van der Waals surface area contributed by atoms with Gasteiger partial charge in [-0.1, -0.05) is 29.5 Å². The van der Waals surface area contributed by atoms with Crippen molar-refractivity contribution in [2.75, 3.05) is 23.7 Å². The number of hydrogen-bond donors (Lipinski definition) is 1. The summed E-state index contributed by atoms with van der Waals surface area (Å²) in [5.74, 6) is 4.90. The Morgan fingerprint density at radius 1 is 1.43 bits per heavy atom. The number of benzene rings is 2. The maximum atomic E-state index is 14.5. The standard InChI is InChI=1S/C21H17ClFN5O2/c1-21(7-8-27(11-21)17-4-2-3-15(22)19(17)23)6-5-13-9-16-14(10-18(13)28(29)30)20(24)26-12-25-16/h2-4,9-10,12H,7-8,11H2,1H3,(H2,24,25,26)/i1D3. The molecule has 1 fully saturated rings. The average molecular weight is 429 g/mol. The van der Waals surface area contributed by atoms with Gasteiger partial charge in [-0.25, -0.2) is 14.4 Å². The molecule has 1 unspecified atom stereocenters. The van der Waals surface area contributed by atoms with Gasteiger partial charge in [-0.2, -0.15) is 0 Å². The Kier molecular flexibility index (Phi) is 4.05. The van der Waals surface area contributed by atoms with Crippen LogP contribution in [0.3, 0.4) is 0 Å². The summed E-state index contributed by atoms with van der Waals surface area (Å²) in [4.78, 5) is 20.5. The molecule has 0 radical (unpaired) electrons. The van der Waals surface area contributed by atoms with E-state index in [1.165, 1.54) is 30.6 Å². The van der Waals surface area contributed by atoms with Crippen molar-refractivity contribution in [1.82, 2.24) is 9.97 Å². The zero-order valence-corrected chi connectivity index (χ0v) is 16.3. The van der Waals surface area contributed by atoms with E-state index in [0.29, 0.717) is 10.9 Å². The number of anilines is 2. The Morgan fingerprint density at radius 2 is 2.27 bits per heavy atom.